The van der Waals surface area contributed by atoms with Crippen molar-refractivity contribution in [2.75, 3.05) is 5.32 Å². The number of carbonyl (C=O) groups excluding carboxylic acids is 1. The van der Waals surface area contributed by atoms with Crippen LogP contribution in [0, 0.1) is 6.92 Å². The summed E-state index contributed by atoms with van der Waals surface area (Å²) in [6.07, 6.45) is -2.35. The number of pyridine rings is 1. The summed E-state index contributed by atoms with van der Waals surface area (Å²) in [7, 11) is 0. The summed E-state index contributed by atoms with van der Waals surface area (Å²) < 4.78 is 39.5. The molecule has 0 aliphatic carbocycles. The van der Waals surface area contributed by atoms with Crippen molar-refractivity contribution in [1.29, 1.82) is 0 Å². The summed E-state index contributed by atoms with van der Waals surface area (Å²) in [6.45, 7) is 1.66. The molecule has 2 aromatic heterocycles. The third-order valence-corrected chi connectivity index (χ3v) is 4.58. The number of halogens is 3. The van der Waals surface area contributed by atoms with E-state index in [0.29, 0.717) is 16.9 Å². The number of benzene rings is 2. The number of aromatic nitrogens is 3. The number of hydrogen-bond acceptors (Lipinski definition) is 3. The smallest absolute Gasteiger partial charge is 0.321 e. The molecule has 0 saturated carbocycles. The van der Waals surface area contributed by atoms with Crippen LogP contribution >= 0.6 is 0 Å². The summed E-state index contributed by atoms with van der Waals surface area (Å²) in [5, 5.41) is 8.88. The first kappa shape index (κ1) is 18.7. The van der Waals surface area contributed by atoms with Crippen LogP contribution < -0.4 is 5.32 Å². The largest absolute Gasteiger partial charge is 0.417 e. The van der Waals surface area contributed by atoms with Gasteiger partial charge in [0.2, 0.25) is 0 Å². The van der Waals surface area contributed by atoms with Gasteiger partial charge in [0, 0.05) is 17.3 Å². The fourth-order valence-electron chi connectivity index (χ4n) is 3.07. The van der Waals surface area contributed by atoms with E-state index in [9.17, 15) is 18.0 Å². The number of rotatable bonds is 3. The van der Waals surface area contributed by atoms with Gasteiger partial charge in [-0.2, -0.15) is 18.3 Å². The molecule has 0 unspecified atom stereocenters. The lowest BCUT2D eigenvalue weighted by molar-refractivity contribution is -0.137. The zero-order valence-corrected chi connectivity index (χ0v) is 15.2. The predicted octanol–water partition coefficient (Wildman–Crippen LogP) is 5.00. The van der Waals surface area contributed by atoms with E-state index in [-0.39, 0.29) is 11.7 Å². The van der Waals surface area contributed by atoms with Gasteiger partial charge < -0.3 is 5.32 Å². The van der Waals surface area contributed by atoms with Gasteiger partial charge in [0.05, 0.1) is 23.0 Å². The molecule has 1 amide bonds. The highest BCUT2D eigenvalue weighted by molar-refractivity contribution is 6.09. The van der Waals surface area contributed by atoms with E-state index in [1.54, 1.807) is 13.0 Å². The van der Waals surface area contributed by atoms with Crippen molar-refractivity contribution in [1.82, 2.24) is 14.8 Å². The number of amides is 1. The quantitative estimate of drug-likeness (QED) is 0.530. The lowest BCUT2D eigenvalue weighted by Gasteiger charge is -2.09. The van der Waals surface area contributed by atoms with E-state index in [2.05, 4.69) is 15.4 Å². The zero-order chi connectivity index (χ0) is 20.6. The summed E-state index contributed by atoms with van der Waals surface area (Å²) in [6, 6.07) is 15.4. The van der Waals surface area contributed by atoms with Crippen LogP contribution in [0.5, 0.6) is 0 Å². The standard InChI is InChI=1S/C21H15F3N4O/c1-13-17(12-26-28(13)19-10-9-15(11-25-19)21(22,23)24)20(29)27-18-8-4-6-14-5-2-3-7-16(14)18/h2-12H,1H3,(H,27,29). The average Bonchev–Trinajstić information content (AvgIpc) is 3.09. The lowest BCUT2D eigenvalue weighted by Crippen LogP contribution is -2.13. The maximum atomic E-state index is 12.8. The van der Waals surface area contributed by atoms with Gasteiger partial charge in [-0.25, -0.2) is 9.67 Å². The van der Waals surface area contributed by atoms with E-state index in [0.717, 1.165) is 23.0 Å². The van der Waals surface area contributed by atoms with Crippen LogP contribution in [-0.2, 0) is 6.18 Å². The molecule has 0 fully saturated rings. The summed E-state index contributed by atoms with van der Waals surface area (Å²) in [4.78, 5) is 16.6. The first-order chi connectivity index (χ1) is 13.8. The van der Waals surface area contributed by atoms with Crippen LogP contribution in [0.1, 0.15) is 21.6 Å². The molecule has 2 aromatic carbocycles. The Morgan fingerprint density at radius 2 is 1.76 bits per heavy atom. The van der Waals surface area contributed by atoms with Crippen molar-refractivity contribution in [2.45, 2.75) is 13.1 Å². The van der Waals surface area contributed by atoms with Crippen molar-refractivity contribution in [3.8, 4) is 5.82 Å². The van der Waals surface area contributed by atoms with Crippen LogP contribution in [0.4, 0.5) is 18.9 Å². The molecule has 5 nitrogen and oxygen atoms in total. The number of anilines is 1. The molecule has 0 aliphatic rings. The summed E-state index contributed by atoms with van der Waals surface area (Å²) in [5.74, 6) is -0.170. The molecule has 2 heterocycles. The predicted molar refractivity (Wildman–Crippen MR) is 103 cm³/mol. The molecule has 146 valence electrons. The van der Waals surface area contributed by atoms with Gasteiger partial charge in [-0.05, 0) is 30.5 Å². The van der Waals surface area contributed by atoms with E-state index in [4.69, 9.17) is 0 Å². The first-order valence-electron chi connectivity index (χ1n) is 8.72. The molecular formula is C21H15F3N4O. The van der Waals surface area contributed by atoms with E-state index in [1.807, 2.05) is 36.4 Å². The number of nitrogens with zero attached hydrogens (tertiary/aromatic N) is 3. The highest BCUT2D eigenvalue weighted by Crippen LogP contribution is 2.29. The van der Waals surface area contributed by atoms with E-state index in [1.165, 1.54) is 16.9 Å². The highest BCUT2D eigenvalue weighted by Gasteiger charge is 2.30. The van der Waals surface area contributed by atoms with Crippen molar-refractivity contribution in [3.05, 3.63) is 83.8 Å². The van der Waals surface area contributed by atoms with Crippen molar-refractivity contribution < 1.29 is 18.0 Å². The second-order valence-electron chi connectivity index (χ2n) is 6.44. The Bertz CT molecular complexity index is 1190. The number of nitrogens with one attached hydrogen (secondary N) is 1. The van der Waals surface area contributed by atoms with Crippen LogP contribution in [0.15, 0.2) is 67.0 Å². The lowest BCUT2D eigenvalue weighted by atomic mass is 10.1. The molecule has 0 aliphatic heterocycles. The Morgan fingerprint density at radius 1 is 1.00 bits per heavy atom. The van der Waals surface area contributed by atoms with Gasteiger partial charge in [0.1, 0.15) is 0 Å². The fourth-order valence-corrected chi connectivity index (χ4v) is 3.07. The van der Waals surface area contributed by atoms with Crippen molar-refractivity contribution in [3.63, 3.8) is 0 Å². The van der Waals surface area contributed by atoms with Gasteiger partial charge in [-0.1, -0.05) is 36.4 Å². The maximum Gasteiger partial charge on any atom is 0.417 e. The minimum Gasteiger partial charge on any atom is -0.321 e. The second kappa shape index (κ2) is 7.05. The minimum absolute atomic E-state index is 0.194. The molecule has 0 bridgehead atoms. The Balaban J connectivity index is 1.62. The van der Waals surface area contributed by atoms with Crippen LogP contribution in [0.25, 0.3) is 16.6 Å². The van der Waals surface area contributed by atoms with E-state index < -0.39 is 11.7 Å². The maximum absolute atomic E-state index is 12.8. The van der Waals surface area contributed by atoms with Crippen molar-refractivity contribution in [2.24, 2.45) is 0 Å². The average molecular weight is 396 g/mol. The van der Waals surface area contributed by atoms with Gasteiger partial charge in [-0.3, -0.25) is 4.79 Å². The molecule has 4 aromatic rings. The third-order valence-electron chi connectivity index (χ3n) is 4.58. The number of fused-ring (bicyclic) bond motifs is 1. The molecule has 0 radical (unpaired) electrons. The zero-order valence-electron chi connectivity index (χ0n) is 15.2. The molecule has 1 N–H and O–H groups in total. The summed E-state index contributed by atoms with van der Waals surface area (Å²) >= 11 is 0. The van der Waals surface area contributed by atoms with Crippen LogP contribution in [-0.4, -0.2) is 20.7 Å². The monoisotopic (exact) mass is 396 g/mol. The van der Waals surface area contributed by atoms with Crippen molar-refractivity contribution >= 4 is 22.4 Å². The minimum atomic E-state index is -4.46. The first-order valence-corrected chi connectivity index (χ1v) is 8.72. The van der Waals surface area contributed by atoms with Gasteiger partial charge >= 0.3 is 6.18 Å². The Hall–Kier alpha value is -3.68. The van der Waals surface area contributed by atoms with Gasteiger partial charge in [0.15, 0.2) is 5.82 Å². The molecule has 0 atom stereocenters. The Kier molecular flexibility index (Phi) is 4.54. The normalized spacial score (nSPS) is 11.6. The van der Waals surface area contributed by atoms with Gasteiger partial charge in [0.25, 0.3) is 5.91 Å². The number of alkyl halides is 3. The van der Waals surface area contributed by atoms with Crippen LogP contribution in [0.3, 0.4) is 0 Å². The topological polar surface area (TPSA) is 59.8 Å². The van der Waals surface area contributed by atoms with Gasteiger partial charge in [-0.15, -0.1) is 0 Å². The SMILES string of the molecule is Cc1c(C(=O)Nc2cccc3ccccc23)cnn1-c1ccc(C(F)(F)F)cn1. The number of hydrogen-bond donors (Lipinski definition) is 1. The second-order valence-corrected chi connectivity index (χ2v) is 6.44. The molecule has 29 heavy (non-hydrogen) atoms. The molecule has 0 saturated heterocycles. The Morgan fingerprint density at radius 3 is 2.48 bits per heavy atom. The number of carbonyl (C=O) groups is 1. The van der Waals surface area contributed by atoms with Crippen LogP contribution in [0.2, 0.25) is 0 Å². The Labute approximate surface area is 163 Å². The molecule has 0 spiro atoms. The van der Waals surface area contributed by atoms with E-state index >= 15 is 0 Å². The molecule has 8 heteroatoms. The molecule has 4 rings (SSSR count). The fraction of sp³-hybridized carbons (Fsp3) is 0.0952. The third kappa shape index (κ3) is 3.56. The summed E-state index contributed by atoms with van der Waals surface area (Å²) in [5.41, 5.74) is 0.586. The molecular weight excluding hydrogens is 381 g/mol. The highest BCUT2D eigenvalue weighted by atomic mass is 19.4.